The molecule has 0 aromatic carbocycles. The van der Waals surface area contributed by atoms with Gasteiger partial charge in [-0.2, -0.15) is 0 Å². The van der Waals surface area contributed by atoms with Crippen molar-refractivity contribution in [1.29, 1.82) is 0 Å². The molecule has 0 N–H and O–H groups in total. The second kappa shape index (κ2) is 5.45. The summed E-state index contributed by atoms with van der Waals surface area (Å²) in [5.41, 5.74) is 0. The number of hydrogen-bond acceptors (Lipinski definition) is 2. The zero-order valence-corrected chi connectivity index (χ0v) is 7.13. The average Bonchev–Trinajstić information content (AvgIpc) is 1.99. The average molecular weight is 144 g/mol. The molecule has 0 amide bonds. The smallest absolute Gasteiger partial charge is 0.101 e. The summed E-state index contributed by atoms with van der Waals surface area (Å²) in [5, 5.41) is 0. The molecule has 2 unspecified atom stereocenters. The summed E-state index contributed by atoms with van der Waals surface area (Å²) in [4.78, 5) is 0. The summed E-state index contributed by atoms with van der Waals surface area (Å²) in [6, 6.07) is 0. The topological polar surface area (TPSA) is 18.5 Å². The lowest BCUT2D eigenvalue weighted by atomic mass is 10.2. The van der Waals surface area contributed by atoms with Crippen LogP contribution in [0.5, 0.6) is 0 Å². The maximum absolute atomic E-state index is 5.13. The normalized spacial score (nSPS) is 17.6. The predicted molar refractivity (Wildman–Crippen MR) is 42.1 cm³/mol. The highest BCUT2D eigenvalue weighted by Crippen LogP contribution is 2.02. The fourth-order valence-corrected chi connectivity index (χ4v) is 0.750. The van der Waals surface area contributed by atoms with Gasteiger partial charge in [0, 0.05) is 14.2 Å². The largest absolute Gasteiger partial charge is 0.379 e. The first-order valence-corrected chi connectivity index (χ1v) is 3.44. The highest BCUT2D eigenvalue weighted by molar-refractivity contribution is 4.89. The maximum atomic E-state index is 5.13. The molecule has 10 heavy (non-hydrogen) atoms. The molecular weight excluding hydrogens is 128 g/mol. The van der Waals surface area contributed by atoms with E-state index in [1.165, 1.54) is 0 Å². The lowest BCUT2D eigenvalue weighted by Gasteiger charge is -2.17. The minimum Gasteiger partial charge on any atom is -0.379 e. The Labute approximate surface area is 62.8 Å². The molecule has 2 nitrogen and oxygen atoms in total. The molecule has 0 saturated carbocycles. The van der Waals surface area contributed by atoms with Crippen molar-refractivity contribution in [2.75, 3.05) is 14.2 Å². The first kappa shape index (κ1) is 9.66. The SMILES string of the molecule is C/C=C/C(OC)C(C)OC. The maximum Gasteiger partial charge on any atom is 0.101 e. The van der Waals surface area contributed by atoms with Gasteiger partial charge in [0.05, 0.1) is 6.10 Å². The van der Waals surface area contributed by atoms with Gasteiger partial charge in [0.1, 0.15) is 6.10 Å². The third-order valence-corrected chi connectivity index (χ3v) is 1.49. The molecule has 0 fully saturated rings. The van der Waals surface area contributed by atoms with Gasteiger partial charge in [-0.05, 0) is 13.8 Å². The second-order valence-corrected chi connectivity index (χ2v) is 2.17. The summed E-state index contributed by atoms with van der Waals surface area (Å²) < 4.78 is 10.2. The van der Waals surface area contributed by atoms with E-state index in [0.29, 0.717) is 0 Å². The van der Waals surface area contributed by atoms with Crippen LogP contribution in [0, 0.1) is 0 Å². The van der Waals surface area contributed by atoms with E-state index in [0.717, 1.165) is 0 Å². The number of hydrogen-bond donors (Lipinski definition) is 0. The lowest BCUT2D eigenvalue weighted by Crippen LogP contribution is -2.24. The molecule has 0 aliphatic heterocycles. The van der Waals surface area contributed by atoms with Crippen molar-refractivity contribution in [2.45, 2.75) is 26.1 Å². The summed E-state index contributed by atoms with van der Waals surface area (Å²) in [5.74, 6) is 0. The van der Waals surface area contributed by atoms with Gasteiger partial charge in [-0.25, -0.2) is 0 Å². The molecular formula is C8H16O2. The molecule has 0 aromatic rings. The zero-order valence-electron chi connectivity index (χ0n) is 7.13. The van der Waals surface area contributed by atoms with Gasteiger partial charge in [-0.15, -0.1) is 0 Å². The van der Waals surface area contributed by atoms with Crippen molar-refractivity contribution in [3.05, 3.63) is 12.2 Å². The van der Waals surface area contributed by atoms with Crippen molar-refractivity contribution in [3.63, 3.8) is 0 Å². The van der Waals surface area contributed by atoms with Crippen molar-refractivity contribution < 1.29 is 9.47 Å². The molecule has 0 bridgehead atoms. The van der Waals surface area contributed by atoms with Gasteiger partial charge in [-0.1, -0.05) is 12.2 Å². The molecule has 0 saturated heterocycles. The van der Waals surface area contributed by atoms with E-state index in [1.54, 1.807) is 14.2 Å². The van der Waals surface area contributed by atoms with E-state index in [9.17, 15) is 0 Å². The summed E-state index contributed by atoms with van der Waals surface area (Å²) in [7, 11) is 3.36. The molecule has 2 atom stereocenters. The first-order chi connectivity index (χ1) is 4.76. The van der Waals surface area contributed by atoms with Crippen molar-refractivity contribution in [3.8, 4) is 0 Å². The fourth-order valence-electron chi connectivity index (χ4n) is 0.750. The molecule has 0 spiro atoms. The molecule has 0 heterocycles. The molecule has 0 radical (unpaired) electrons. The van der Waals surface area contributed by atoms with Gasteiger partial charge >= 0.3 is 0 Å². The summed E-state index contributed by atoms with van der Waals surface area (Å²) in [6.45, 7) is 3.95. The Bertz CT molecular complexity index is 99.4. The third kappa shape index (κ3) is 2.99. The zero-order chi connectivity index (χ0) is 7.98. The third-order valence-electron chi connectivity index (χ3n) is 1.49. The second-order valence-electron chi connectivity index (χ2n) is 2.17. The van der Waals surface area contributed by atoms with E-state index in [4.69, 9.17) is 9.47 Å². The number of methoxy groups -OCH3 is 2. The van der Waals surface area contributed by atoms with Crippen LogP contribution in [-0.2, 0) is 9.47 Å². The van der Waals surface area contributed by atoms with Crippen LogP contribution in [0.15, 0.2) is 12.2 Å². The van der Waals surface area contributed by atoms with Gasteiger partial charge in [0.15, 0.2) is 0 Å². The van der Waals surface area contributed by atoms with E-state index < -0.39 is 0 Å². The predicted octanol–water partition coefficient (Wildman–Crippen LogP) is 1.61. The van der Waals surface area contributed by atoms with E-state index in [-0.39, 0.29) is 12.2 Å². The summed E-state index contributed by atoms with van der Waals surface area (Å²) >= 11 is 0. The Morgan fingerprint density at radius 2 is 1.80 bits per heavy atom. The minimum absolute atomic E-state index is 0.0787. The van der Waals surface area contributed by atoms with Crippen LogP contribution in [-0.4, -0.2) is 26.4 Å². The Morgan fingerprint density at radius 3 is 2.10 bits per heavy atom. The summed E-state index contributed by atoms with van der Waals surface area (Å²) in [6.07, 6.45) is 4.15. The highest BCUT2D eigenvalue weighted by Gasteiger charge is 2.10. The highest BCUT2D eigenvalue weighted by atomic mass is 16.5. The standard InChI is InChI=1S/C8H16O2/c1-5-6-8(10-4)7(2)9-3/h5-8H,1-4H3/b6-5+. The van der Waals surface area contributed by atoms with Gasteiger partial charge < -0.3 is 9.47 Å². The van der Waals surface area contributed by atoms with Gasteiger partial charge in [-0.3, -0.25) is 0 Å². The van der Waals surface area contributed by atoms with Crippen LogP contribution in [0.3, 0.4) is 0 Å². The first-order valence-electron chi connectivity index (χ1n) is 3.44. The molecule has 0 rings (SSSR count). The Balaban J connectivity index is 3.79. The van der Waals surface area contributed by atoms with Crippen LogP contribution in [0.4, 0.5) is 0 Å². The molecule has 0 aliphatic carbocycles. The van der Waals surface area contributed by atoms with E-state index >= 15 is 0 Å². The van der Waals surface area contributed by atoms with Gasteiger partial charge in [0.2, 0.25) is 0 Å². The Hall–Kier alpha value is -0.340. The number of allylic oxidation sites excluding steroid dienone is 1. The Kier molecular flexibility index (Phi) is 5.26. The van der Waals surface area contributed by atoms with Crippen LogP contribution in [0.25, 0.3) is 0 Å². The van der Waals surface area contributed by atoms with Crippen LogP contribution >= 0.6 is 0 Å². The molecule has 2 heteroatoms. The van der Waals surface area contributed by atoms with E-state index in [2.05, 4.69) is 0 Å². The van der Waals surface area contributed by atoms with Crippen molar-refractivity contribution in [1.82, 2.24) is 0 Å². The molecule has 60 valence electrons. The van der Waals surface area contributed by atoms with Crippen molar-refractivity contribution >= 4 is 0 Å². The molecule has 0 aliphatic rings. The van der Waals surface area contributed by atoms with Crippen molar-refractivity contribution in [2.24, 2.45) is 0 Å². The number of rotatable bonds is 4. The quantitative estimate of drug-likeness (QED) is 0.558. The Morgan fingerprint density at radius 1 is 1.20 bits per heavy atom. The van der Waals surface area contributed by atoms with Crippen LogP contribution in [0.1, 0.15) is 13.8 Å². The van der Waals surface area contributed by atoms with Gasteiger partial charge in [0.25, 0.3) is 0 Å². The van der Waals surface area contributed by atoms with Crippen LogP contribution < -0.4 is 0 Å². The molecule has 0 aromatic heterocycles. The fraction of sp³-hybridized carbons (Fsp3) is 0.750. The lowest BCUT2D eigenvalue weighted by molar-refractivity contribution is -0.000634. The van der Waals surface area contributed by atoms with E-state index in [1.807, 2.05) is 26.0 Å². The monoisotopic (exact) mass is 144 g/mol. The number of ether oxygens (including phenoxy) is 2. The minimum atomic E-state index is 0.0787. The van der Waals surface area contributed by atoms with Crippen LogP contribution in [0.2, 0.25) is 0 Å².